The molecule has 0 saturated carbocycles. The van der Waals surface area contributed by atoms with Crippen LogP contribution in [0.3, 0.4) is 0 Å². The van der Waals surface area contributed by atoms with Crippen molar-refractivity contribution in [1.29, 1.82) is 0 Å². The van der Waals surface area contributed by atoms with Crippen LogP contribution in [0, 0.1) is 0 Å². The van der Waals surface area contributed by atoms with Crippen LogP contribution in [0.15, 0.2) is 47.5 Å². The van der Waals surface area contributed by atoms with E-state index in [1.54, 1.807) is 12.1 Å². The summed E-state index contributed by atoms with van der Waals surface area (Å²) in [6, 6.07) is 11.4. The van der Waals surface area contributed by atoms with Crippen molar-refractivity contribution in [3.63, 3.8) is 0 Å². The molecule has 1 aliphatic heterocycles. The molecule has 1 aliphatic rings. The Morgan fingerprint density at radius 1 is 1.33 bits per heavy atom. The summed E-state index contributed by atoms with van der Waals surface area (Å²) in [6.07, 6.45) is 2.50. The van der Waals surface area contributed by atoms with E-state index in [1.807, 2.05) is 34.9 Å². The first kappa shape index (κ1) is 14.4. The molecule has 1 unspecified atom stereocenters. The number of hydrogen-bond donors (Lipinski definition) is 0. The molecule has 0 aliphatic carbocycles. The number of aromatic nitrogens is 1. The molecule has 1 aromatic heterocycles. The maximum absolute atomic E-state index is 12.8. The van der Waals surface area contributed by atoms with Gasteiger partial charge < -0.3 is 4.90 Å². The van der Waals surface area contributed by atoms with Gasteiger partial charge in [-0.3, -0.25) is 4.79 Å². The summed E-state index contributed by atoms with van der Waals surface area (Å²) < 4.78 is 0. The summed E-state index contributed by atoms with van der Waals surface area (Å²) in [5, 5.41) is 0.888. The number of nitrogens with zero attached hydrogens (tertiary/aromatic N) is 2. The van der Waals surface area contributed by atoms with E-state index < -0.39 is 0 Å². The number of carbonyl (C=O) groups is 1. The molecule has 3 nitrogen and oxygen atoms in total. The zero-order valence-electron chi connectivity index (χ0n) is 11.6. The van der Waals surface area contributed by atoms with Gasteiger partial charge >= 0.3 is 0 Å². The number of hydrogen-bond acceptors (Lipinski definition) is 3. The summed E-state index contributed by atoms with van der Waals surface area (Å²) in [6.45, 7) is 2.91. The van der Waals surface area contributed by atoms with Crippen molar-refractivity contribution in [1.82, 2.24) is 4.98 Å². The Bertz CT molecular complexity index is 660. The average molecular weight is 319 g/mol. The van der Waals surface area contributed by atoms with Gasteiger partial charge in [0.1, 0.15) is 5.15 Å². The number of benzene rings is 1. The fraction of sp³-hybridized carbons (Fsp3) is 0.250. The Labute approximate surface area is 133 Å². The van der Waals surface area contributed by atoms with E-state index in [0.29, 0.717) is 22.5 Å². The number of rotatable bonds is 1. The normalized spacial score (nSPS) is 18.0. The lowest BCUT2D eigenvalue weighted by Gasteiger charge is -2.22. The topological polar surface area (TPSA) is 33.2 Å². The van der Waals surface area contributed by atoms with Crippen molar-refractivity contribution in [3.8, 4) is 0 Å². The molecular formula is C16H15ClN2OS. The zero-order chi connectivity index (χ0) is 14.8. The third-order valence-electron chi connectivity index (χ3n) is 3.46. The van der Waals surface area contributed by atoms with Crippen LogP contribution in [0.4, 0.5) is 5.69 Å². The number of amides is 1. The third-order valence-corrected chi connectivity index (χ3v) is 4.92. The molecule has 1 aromatic carbocycles. The van der Waals surface area contributed by atoms with E-state index in [2.05, 4.69) is 18.0 Å². The van der Waals surface area contributed by atoms with Gasteiger partial charge in [-0.2, -0.15) is 0 Å². The summed E-state index contributed by atoms with van der Waals surface area (Å²) in [5.41, 5.74) is 1.54. The highest BCUT2D eigenvalue weighted by Gasteiger charge is 2.25. The van der Waals surface area contributed by atoms with Crippen LogP contribution in [0.5, 0.6) is 0 Å². The maximum Gasteiger partial charge on any atom is 0.259 e. The van der Waals surface area contributed by atoms with Crippen molar-refractivity contribution in [2.75, 3.05) is 11.4 Å². The van der Waals surface area contributed by atoms with Crippen molar-refractivity contribution in [3.05, 3.63) is 53.3 Å². The van der Waals surface area contributed by atoms with E-state index in [1.165, 1.54) is 6.20 Å². The summed E-state index contributed by atoms with van der Waals surface area (Å²) in [7, 11) is 0. The van der Waals surface area contributed by atoms with Crippen LogP contribution < -0.4 is 4.90 Å². The fourth-order valence-corrected chi connectivity index (χ4v) is 3.58. The molecule has 0 radical (unpaired) electrons. The van der Waals surface area contributed by atoms with Gasteiger partial charge in [0.15, 0.2) is 0 Å². The van der Waals surface area contributed by atoms with Gasteiger partial charge in [0.25, 0.3) is 5.91 Å². The van der Waals surface area contributed by atoms with Gasteiger partial charge in [-0.15, -0.1) is 11.8 Å². The molecule has 1 atom stereocenters. The van der Waals surface area contributed by atoms with Gasteiger partial charge in [-0.1, -0.05) is 30.7 Å². The predicted molar refractivity (Wildman–Crippen MR) is 87.3 cm³/mol. The number of thioether (sulfide) groups is 1. The monoisotopic (exact) mass is 318 g/mol. The first-order valence-corrected chi connectivity index (χ1v) is 8.10. The number of fused-ring (bicyclic) bond motifs is 1. The Morgan fingerprint density at radius 3 is 2.90 bits per heavy atom. The second kappa shape index (κ2) is 6.08. The Balaban J connectivity index is 1.97. The van der Waals surface area contributed by atoms with Crippen LogP contribution in [0.25, 0.3) is 0 Å². The van der Waals surface area contributed by atoms with E-state index in [9.17, 15) is 4.79 Å². The van der Waals surface area contributed by atoms with Crippen molar-refractivity contribution in [2.24, 2.45) is 0 Å². The smallest absolute Gasteiger partial charge is 0.259 e. The highest BCUT2D eigenvalue weighted by molar-refractivity contribution is 8.00. The molecule has 2 aromatic rings. The number of anilines is 1. The zero-order valence-corrected chi connectivity index (χ0v) is 13.2. The van der Waals surface area contributed by atoms with Crippen LogP contribution in [-0.2, 0) is 0 Å². The minimum Gasteiger partial charge on any atom is -0.307 e. The standard InChI is InChI=1S/C16H15ClN2OS/c1-11-8-9-19(13-4-2-3-5-14(13)21-11)16(20)12-6-7-15(17)18-10-12/h2-7,10-11H,8-9H2,1H3. The van der Waals surface area contributed by atoms with Gasteiger partial charge in [0, 0.05) is 22.9 Å². The summed E-state index contributed by atoms with van der Waals surface area (Å²) in [5.74, 6) is -0.0266. The Kier molecular flexibility index (Phi) is 4.17. The molecule has 108 valence electrons. The first-order valence-electron chi connectivity index (χ1n) is 6.84. The fourth-order valence-electron chi connectivity index (χ4n) is 2.36. The lowest BCUT2D eigenvalue weighted by molar-refractivity contribution is 0.0986. The van der Waals surface area contributed by atoms with Crippen molar-refractivity contribution < 1.29 is 4.79 Å². The number of pyridine rings is 1. The largest absolute Gasteiger partial charge is 0.307 e. The Hall–Kier alpha value is -1.52. The lowest BCUT2D eigenvalue weighted by Crippen LogP contribution is -2.32. The van der Waals surface area contributed by atoms with Crippen LogP contribution in [-0.4, -0.2) is 22.7 Å². The summed E-state index contributed by atoms with van der Waals surface area (Å²) >= 11 is 7.61. The molecular weight excluding hydrogens is 304 g/mol. The second-order valence-corrected chi connectivity index (χ2v) is 6.88. The van der Waals surface area contributed by atoms with Gasteiger partial charge in [-0.25, -0.2) is 4.98 Å². The van der Waals surface area contributed by atoms with Crippen molar-refractivity contribution >= 4 is 35.0 Å². The molecule has 1 amide bonds. The highest BCUT2D eigenvalue weighted by atomic mass is 35.5. The number of halogens is 1. The van der Waals surface area contributed by atoms with Crippen LogP contribution in [0.2, 0.25) is 5.15 Å². The van der Waals surface area contributed by atoms with E-state index in [-0.39, 0.29) is 5.91 Å². The molecule has 0 bridgehead atoms. The van der Waals surface area contributed by atoms with Crippen LogP contribution >= 0.6 is 23.4 Å². The predicted octanol–water partition coefficient (Wildman–Crippen LogP) is 4.27. The molecule has 0 spiro atoms. The molecule has 0 fully saturated rings. The maximum atomic E-state index is 12.8. The molecule has 3 rings (SSSR count). The number of para-hydroxylation sites is 1. The van der Waals surface area contributed by atoms with E-state index in [4.69, 9.17) is 11.6 Å². The van der Waals surface area contributed by atoms with Gasteiger partial charge in [0.05, 0.1) is 11.3 Å². The highest BCUT2D eigenvalue weighted by Crippen LogP contribution is 2.37. The second-order valence-electron chi connectivity index (χ2n) is 5.01. The lowest BCUT2D eigenvalue weighted by atomic mass is 10.2. The first-order chi connectivity index (χ1) is 10.1. The molecule has 0 saturated heterocycles. The summed E-state index contributed by atoms with van der Waals surface area (Å²) in [4.78, 5) is 19.8. The minimum absolute atomic E-state index is 0.0266. The third kappa shape index (κ3) is 3.06. The van der Waals surface area contributed by atoms with Crippen LogP contribution in [0.1, 0.15) is 23.7 Å². The SMILES string of the molecule is CC1CCN(C(=O)c2ccc(Cl)nc2)c2ccccc2S1. The number of carbonyl (C=O) groups excluding carboxylic acids is 1. The van der Waals surface area contributed by atoms with E-state index in [0.717, 1.165) is 17.0 Å². The van der Waals surface area contributed by atoms with Crippen molar-refractivity contribution in [2.45, 2.75) is 23.5 Å². The quantitative estimate of drug-likeness (QED) is 0.736. The molecule has 5 heteroatoms. The van der Waals surface area contributed by atoms with Gasteiger partial charge in [0.2, 0.25) is 0 Å². The molecule has 0 N–H and O–H groups in total. The van der Waals surface area contributed by atoms with E-state index >= 15 is 0 Å². The van der Waals surface area contributed by atoms with Gasteiger partial charge in [-0.05, 0) is 30.7 Å². The minimum atomic E-state index is -0.0266. The Morgan fingerprint density at radius 2 is 2.14 bits per heavy atom. The molecule has 21 heavy (non-hydrogen) atoms. The average Bonchev–Trinajstić information content (AvgIpc) is 2.65. The molecule has 2 heterocycles.